The molecule has 0 aromatic rings. The molecule has 0 aromatic heterocycles. The minimum atomic E-state index is -1.16. The van der Waals surface area contributed by atoms with E-state index in [1.165, 1.54) is 4.90 Å². The highest BCUT2D eigenvalue weighted by molar-refractivity contribution is 5.82. The van der Waals surface area contributed by atoms with Crippen LogP contribution in [0.5, 0.6) is 0 Å². The number of amides is 2. The second-order valence-corrected chi connectivity index (χ2v) is 2.97. The van der Waals surface area contributed by atoms with Gasteiger partial charge in [0.25, 0.3) is 0 Å². The highest BCUT2D eigenvalue weighted by Crippen LogP contribution is 1.95. The van der Waals surface area contributed by atoms with Crippen molar-refractivity contribution in [2.75, 3.05) is 13.1 Å². The zero-order chi connectivity index (χ0) is 12.6. The first-order valence-electron chi connectivity index (χ1n) is 4.72. The first-order chi connectivity index (χ1) is 7.56. The van der Waals surface area contributed by atoms with Gasteiger partial charge in [0.1, 0.15) is 6.04 Å². The second kappa shape index (κ2) is 7.19. The minimum absolute atomic E-state index is 0.0608. The molecule has 0 aliphatic rings. The summed E-state index contributed by atoms with van der Waals surface area (Å²) >= 11 is 0. The predicted molar refractivity (Wildman–Crippen MR) is 59.5 cm³/mol. The standard InChI is InChI=1S/C11H14N2O3/c1-4-7-9(10(14)15)12-11(16)13(6-3)8-5-2/h1-2,9H,6-8H2,3H3,(H,12,16)(H,14,15). The zero-order valence-electron chi connectivity index (χ0n) is 9.06. The normalized spacial score (nSPS) is 10.7. The first kappa shape index (κ1) is 13.9. The fourth-order valence-corrected chi connectivity index (χ4v) is 0.996. The monoisotopic (exact) mass is 222 g/mol. The summed E-state index contributed by atoms with van der Waals surface area (Å²) in [5, 5.41) is 11.1. The fourth-order valence-electron chi connectivity index (χ4n) is 0.996. The number of carboxylic acids is 1. The Bertz CT molecular complexity index is 338. The van der Waals surface area contributed by atoms with E-state index in [9.17, 15) is 9.59 Å². The summed E-state index contributed by atoms with van der Waals surface area (Å²) in [6, 6.07) is -1.60. The maximum atomic E-state index is 11.5. The summed E-state index contributed by atoms with van der Waals surface area (Å²) in [4.78, 5) is 23.6. The lowest BCUT2D eigenvalue weighted by molar-refractivity contribution is -0.139. The van der Waals surface area contributed by atoms with E-state index in [1.807, 2.05) is 0 Å². The van der Waals surface area contributed by atoms with Crippen molar-refractivity contribution in [1.29, 1.82) is 0 Å². The molecule has 0 bridgehead atoms. The number of terminal acetylenes is 2. The highest BCUT2D eigenvalue weighted by Gasteiger charge is 2.21. The molecule has 0 spiro atoms. The molecule has 86 valence electrons. The molecular weight excluding hydrogens is 208 g/mol. The molecule has 2 amide bonds. The number of urea groups is 1. The van der Waals surface area contributed by atoms with Crippen LogP contribution >= 0.6 is 0 Å². The molecule has 0 fully saturated rings. The minimum Gasteiger partial charge on any atom is -0.480 e. The van der Waals surface area contributed by atoms with Crippen LogP contribution in [0.4, 0.5) is 4.79 Å². The topological polar surface area (TPSA) is 69.6 Å². The third-order valence-corrected chi connectivity index (χ3v) is 1.87. The van der Waals surface area contributed by atoms with Crippen molar-refractivity contribution in [3.05, 3.63) is 0 Å². The largest absolute Gasteiger partial charge is 0.480 e. The number of aliphatic carboxylic acids is 1. The summed E-state index contributed by atoms with van der Waals surface area (Å²) in [5.74, 6) is 3.34. The number of rotatable bonds is 5. The van der Waals surface area contributed by atoms with Gasteiger partial charge in [-0.3, -0.25) is 0 Å². The SMILES string of the molecule is C#CCC(NC(=O)N(CC)CC#C)C(=O)O. The van der Waals surface area contributed by atoms with Crippen molar-refractivity contribution in [3.8, 4) is 24.7 Å². The lowest BCUT2D eigenvalue weighted by Crippen LogP contribution is -2.47. The Balaban J connectivity index is 4.45. The van der Waals surface area contributed by atoms with Gasteiger partial charge in [-0.1, -0.05) is 5.92 Å². The molecule has 0 aliphatic heterocycles. The van der Waals surface area contributed by atoms with Crippen LogP contribution in [0.15, 0.2) is 0 Å². The van der Waals surface area contributed by atoms with Gasteiger partial charge in [0.2, 0.25) is 0 Å². The molecule has 5 heteroatoms. The van der Waals surface area contributed by atoms with Gasteiger partial charge >= 0.3 is 12.0 Å². The number of hydrogen-bond donors (Lipinski definition) is 2. The van der Waals surface area contributed by atoms with E-state index in [4.69, 9.17) is 18.0 Å². The Hall–Kier alpha value is -2.14. The van der Waals surface area contributed by atoms with Gasteiger partial charge in [-0.2, -0.15) is 0 Å². The van der Waals surface area contributed by atoms with E-state index in [2.05, 4.69) is 17.2 Å². The Kier molecular flexibility index (Phi) is 6.23. The molecular formula is C11H14N2O3. The molecule has 0 saturated heterocycles. The van der Waals surface area contributed by atoms with Crippen molar-refractivity contribution in [3.63, 3.8) is 0 Å². The van der Waals surface area contributed by atoms with Gasteiger partial charge in [0, 0.05) is 13.0 Å². The molecule has 2 N–H and O–H groups in total. The third kappa shape index (κ3) is 4.39. The van der Waals surface area contributed by atoms with Crippen molar-refractivity contribution >= 4 is 12.0 Å². The number of nitrogens with one attached hydrogen (secondary N) is 1. The second-order valence-electron chi connectivity index (χ2n) is 2.97. The molecule has 0 radical (unpaired) electrons. The van der Waals surface area contributed by atoms with E-state index in [0.717, 1.165) is 0 Å². The van der Waals surface area contributed by atoms with E-state index >= 15 is 0 Å². The van der Waals surface area contributed by atoms with Gasteiger partial charge in [0.05, 0.1) is 6.54 Å². The molecule has 0 aromatic carbocycles. The predicted octanol–water partition coefficient (Wildman–Crippen LogP) is 0.128. The number of carbonyl (C=O) groups excluding carboxylic acids is 1. The highest BCUT2D eigenvalue weighted by atomic mass is 16.4. The van der Waals surface area contributed by atoms with Crippen LogP contribution < -0.4 is 5.32 Å². The average Bonchev–Trinajstić information content (AvgIpc) is 2.24. The van der Waals surface area contributed by atoms with Gasteiger partial charge < -0.3 is 15.3 Å². The average molecular weight is 222 g/mol. The summed E-state index contributed by atoms with van der Waals surface area (Å²) in [5.41, 5.74) is 0. The van der Waals surface area contributed by atoms with Gasteiger partial charge in [-0.25, -0.2) is 9.59 Å². The fraction of sp³-hybridized carbons (Fsp3) is 0.455. The molecule has 1 unspecified atom stereocenters. The number of nitrogens with zero attached hydrogens (tertiary/aromatic N) is 1. The first-order valence-corrected chi connectivity index (χ1v) is 4.72. The Labute approximate surface area is 94.8 Å². The van der Waals surface area contributed by atoms with Crippen molar-refractivity contribution in [2.45, 2.75) is 19.4 Å². The van der Waals surface area contributed by atoms with Crippen LogP contribution in [0, 0.1) is 24.7 Å². The van der Waals surface area contributed by atoms with Crippen molar-refractivity contribution in [2.24, 2.45) is 0 Å². The Morgan fingerprint density at radius 3 is 2.44 bits per heavy atom. The van der Waals surface area contributed by atoms with Crippen LogP contribution in [0.3, 0.4) is 0 Å². The van der Waals surface area contributed by atoms with Crippen LogP contribution in [-0.4, -0.2) is 41.1 Å². The quantitative estimate of drug-likeness (QED) is 0.649. The van der Waals surface area contributed by atoms with Crippen LogP contribution in [0.2, 0.25) is 0 Å². The molecule has 0 aliphatic carbocycles. The van der Waals surface area contributed by atoms with E-state index < -0.39 is 18.0 Å². The van der Waals surface area contributed by atoms with E-state index in [1.54, 1.807) is 6.92 Å². The molecule has 0 heterocycles. The Morgan fingerprint density at radius 1 is 1.44 bits per heavy atom. The summed E-state index contributed by atoms with van der Waals surface area (Å²) in [6.45, 7) is 2.27. The van der Waals surface area contributed by atoms with E-state index in [-0.39, 0.29) is 13.0 Å². The summed E-state index contributed by atoms with van der Waals surface area (Å²) in [6.07, 6.45) is 10.0. The molecule has 0 rings (SSSR count). The number of carbonyl (C=O) groups is 2. The molecule has 1 atom stereocenters. The zero-order valence-corrected chi connectivity index (χ0v) is 9.06. The molecule has 16 heavy (non-hydrogen) atoms. The number of hydrogen-bond acceptors (Lipinski definition) is 2. The van der Waals surface area contributed by atoms with Gasteiger partial charge in [-0.15, -0.1) is 18.8 Å². The molecule has 5 nitrogen and oxygen atoms in total. The summed E-state index contributed by atoms with van der Waals surface area (Å²) in [7, 11) is 0. The third-order valence-electron chi connectivity index (χ3n) is 1.87. The summed E-state index contributed by atoms with van der Waals surface area (Å²) < 4.78 is 0. The lowest BCUT2D eigenvalue weighted by atomic mass is 10.2. The van der Waals surface area contributed by atoms with Crippen molar-refractivity contribution < 1.29 is 14.7 Å². The number of carboxylic acid groups (broad SMARTS) is 1. The smallest absolute Gasteiger partial charge is 0.327 e. The van der Waals surface area contributed by atoms with Crippen LogP contribution in [0.1, 0.15) is 13.3 Å². The maximum absolute atomic E-state index is 11.5. The van der Waals surface area contributed by atoms with Crippen LogP contribution in [-0.2, 0) is 4.79 Å². The van der Waals surface area contributed by atoms with E-state index in [0.29, 0.717) is 6.54 Å². The van der Waals surface area contributed by atoms with Gasteiger partial charge in [0.15, 0.2) is 0 Å². The van der Waals surface area contributed by atoms with Crippen LogP contribution in [0.25, 0.3) is 0 Å². The van der Waals surface area contributed by atoms with Crippen molar-refractivity contribution in [1.82, 2.24) is 10.2 Å². The van der Waals surface area contributed by atoms with Gasteiger partial charge in [-0.05, 0) is 6.92 Å². The maximum Gasteiger partial charge on any atom is 0.327 e. The molecule has 0 saturated carbocycles. The Morgan fingerprint density at radius 2 is 2.06 bits per heavy atom. The lowest BCUT2D eigenvalue weighted by Gasteiger charge is -2.21.